The molecule has 5 nitrogen and oxygen atoms in total. The van der Waals surface area contributed by atoms with Gasteiger partial charge < -0.3 is 4.90 Å². The lowest BCUT2D eigenvalue weighted by atomic mass is 9.88. The maximum atomic E-state index is 13.1. The van der Waals surface area contributed by atoms with Crippen LogP contribution in [0.4, 0.5) is 23.8 Å². The first-order valence-electron chi connectivity index (χ1n) is 8.20. The number of nitrogens with zero attached hydrogens (tertiary/aromatic N) is 3. The molecule has 1 aromatic rings. The monoisotopic (exact) mass is 346 g/mol. The zero-order valence-corrected chi connectivity index (χ0v) is 14.5. The molecule has 1 fully saturated rings. The molecule has 0 aliphatic carbocycles. The Labute approximate surface area is 140 Å². The van der Waals surface area contributed by atoms with Gasteiger partial charge in [0, 0.05) is 25.4 Å². The first-order valence-corrected chi connectivity index (χ1v) is 8.20. The highest BCUT2D eigenvalue weighted by molar-refractivity contribution is 5.89. The minimum atomic E-state index is -4.31. The van der Waals surface area contributed by atoms with E-state index in [9.17, 15) is 18.0 Å². The number of rotatable bonds is 4. The van der Waals surface area contributed by atoms with Gasteiger partial charge in [-0.15, -0.1) is 0 Å². The molecule has 2 heterocycles. The number of likely N-dealkylation sites (tertiary alicyclic amines) is 1. The average molecular weight is 346 g/mol. The van der Waals surface area contributed by atoms with Gasteiger partial charge in [0.2, 0.25) is 0 Å². The fraction of sp³-hybridized carbons (Fsp3) is 0.750. The van der Waals surface area contributed by atoms with Gasteiger partial charge in [-0.25, -0.2) is 4.79 Å². The van der Waals surface area contributed by atoms with Crippen LogP contribution in [0.25, 0.3) is 0 Å². The predicted octanol–water partition coefficient (Wildman–Crippen LogP) is 4.12. The van der Waals surface area contributed by atoms with Gasteiger partial charge in [0.15, 0.2) is 5.82 Å². The Morgan fingerprint density at radius 1 is 1.46 bits per heavy atom. The fourth-order valence-electron chi connectivity index (χ4n) is 3.14. The predicted molar refractivity (Wildman–Crippen MR) is 85.6 cm³/mol. The summed E-state index contributed by atoms with van der Waals surface area (Å²) in [7, 11) is 0. The Hall–Kier alpha value is -1.73. The smallest absolute Gasteiger partial charge is 0.319 e. The van der Waals surface area contributed by atoms with Crippen LogP contribution in [-0.4, -0.2) is 39.0 Å². The largest absolute Gasteiger partial charge is 0.394 e. The Bertz CT molecular complexity index is 580. The van der Waals surface area contributed by atoms with Crippen molar-refractivity contribution in [1.29, 1.82) is 0 Å². The van der Waals surface area contributed by atoms with Crippen molar-refractivity contribution in [3.63, 3.8) is 0 Å². The van der Waals surface area contributed by atoms with E-state index >= 15 is 0 Å². The van der Waals surface area contributed by atoms with Crippen molar-refractivity contribution in [3.05, 3.63) is 12.3 Å². The average Bonchev–Trinajstić information content (AvgIpc) is 2.99. The van der Waals surface area contributed by atoms with Gasteiger partial charge >= 0.3 is 12.2 Å². The molecule has 1 aromatic heterocycles. The number of hydrogen-bond donors (Lipinski definition) is 1. The summed E-state index contributed by atoms with van der Waals surface area (Å²) in [4.78, 5) is 13.6. The minimum Gasteiger partial charge on any atom is -0.319 e. The number of aromatic nitrogens is 2. The molecule has 1 saturated heterocycles. The molecule has 8 heteroatoms. The molecule has 136 valence electrons. The molecule has 0 bridgehead atoms. The molecule has 1 aliphatic rings. The molecule has 24 heavy (non-hydrogen) atoms. The summed E-state index contributed by atoms with van der Waals surface area (Å²) < 4.78 is 41.0. The molecule has 2 rings (SSSR count). The van der Waals surface area contributed by atoms with Crippen LogP contribution in [0.2, 0.25) is 0 Å². The Morgan fingerprint density at radius 2 is 2.12 bits per heavy atom. The number of nitrogens with one attached hydrogen (secondary N) is 1. The molecule has 0 radical (unpaired) electrons. The maximum Gasteiger partial charge on any atom is 0.394 e. The third-order valence-electron chi connectivity index (χ3n) is 4.64. The molecule has 2 amide bonds. The number of carbonyl (C=O) groups is 1. The summed E-state index contributed by atoms with van der Waals surface area (Å²) in [6.45, 7) is 7.95. The van der Waals surface area contributed by atoms with E-state index in [0.717, 1.165) is 13.0 Å². The van der Waals surface area contributed by atoms with Crippen molar-refractivity contribution < 1.29 is 18.0 Å². The summed E-state index contributed by atoms with van der Waals surface area (Å²) in [5.41, 5.74) is -1.28. The van der Waals surface area contributed by atoms with Crippen LogP contribution >= 0.6 is 0 Å². The lowest BCUT2D eigenvalue weighted by Gasteiger charge is -2.36. The third-order valence-corrected chi connectivity index (χ3v) is 4.64. The van der Waals surface area contributed by atoms with Crippen molar-refractivity contribution in [2.24, 2.45) is 11.8 Å². The Morgan fingerprint density at radius 3 is 2.67 bits per heavy atom. The second-order valence-electron chi connectivity index (χ2n) is 7.26. The van der Waals surface area contributed by atoms with Crippen LogP contribution in [0.3, 0.4) is 0 Å². The minimum absolute atomic E-state index is 0.0766. The highest BCUT2D eigenvalue weighted by atomic mass is 19.4. The summed E-state index contributed by atoms with van der Waals surface area (Å²) >= 11 is 0. The quantitative estimate of drug-likeness (QED) is 0.891. The number of anilines is 1. The molecule has 1 aliphatic heterocycles. The van der Waals surface area contributed by atoms with E-state index in [1.807, 2.05) is 0 Å². The van der Waals surface area contributed by atoms with E-state index in [0.29, 0.717) is 11.7 Å². The number of halogens is 3. The fourth-order valence-corrected chi connectivity index (χ4v) is 3.14. The van der Waals surface area contributed by atoms with Crippen molar-refractivity contribution in [3.8, 4) is 0 Å². The molecule has 0 aromatic carbocycles. The molecular weight excluding hydrogens is 321 g/mol. The maximum absolute atomic E-state index is 13.1. The highest BCUT2D eigenvalue weighted by Gasteiger charge is 2.56. The summed E-state index contributed by atoms with van der Waals surface area (Å²) in [5.74, 6) is -0.619. The van der Waals surface area contributed by atoms with Crippen LogP contribution in [0.15, 0.2) is 12.3 Å². The lowest BCUT2D eigenvalue weighted by Crippen LogP contribution is -2.51. The SMILES string of the molecule is CC(C)CCn1ccc(NC(=O)N2CC[C@@H](C(F)(F)F)C2(C)C)n1. The van der Waals surface area contributed by atoms with Crippen LogP contribution < -0.4 is 5.32 Å². The van der Waals surface area contributed by atoms with Crippen LogP contribution in [0.5, 0.6) is 0 Å². The topological polar surface area (TPSA) is 50.2 Å². The normalized spacial score (nSPS) is 20.7. The molecule has 1 atom stereocenters. The van der Waals surface area contributed by atoms with Crippen molar-refractivity contribution in [1.82, 2.24) is 14.7 Å². The zero-order valence-electron chi connectivity index (χ0n) is 14.5. The number of amides is 2. The zero-order chi connectivity index (χ0) is 18.1. The molecule has 0 unspecified atom stereocenters. The van der Waals surface area contributed by atoms with E-state index < -0.39 is 23.7 Å². The first kappa shape index (κ1) is 18.6. The van der Waals surface area contributed by atoms with Crippen LogP contribution in [0.1, 0.15) is 40.5 Å². The molecule has 0 spiro atoms. The summed E-state index contributed by atoms with van der Waals surface area (Å²) in [6.07, 6.45) is -1.67. The highest BCUT2D eigenvalue weighted by Crippen LogP contribution is 2.44. The van der Waals surface area contributed by atoms with E-state index in [4.69, 9.17) is 0 Å². The van der Waals surface area contributed by atoms with Crippen LogP contribution in [-0.2, 0) is 6.54 Å². The Kier molecular flexibility index (Phi) is 5.15. The van der Waals surface area contributed by atoms with Crippen molar-refractivity contribution in [2.75, 3.05) is 11.9 Å². The van der Waals surface area contributed by atoms with Crippen LogP contribution in [0, 0.1) is 11.8 Å². The first-order chi connectivity index (χ1) is 11.0. The Balaban J connectivity index is 2.00. The summed E-state index contributed by atoms with van der Waals surface area (Å²) in [6, 6.07) is 1.11. The second kappa shape index (κ2) is 6.64. The number of hydrogen-bond acceptors (Lipinski definition) is 2. The molecule has 0 saturated carbocycles. The molecule has 1 N–H and O–H groups in total. The van der Waals surface area contributed by atoms with Gasteiger partial charge in [-0.1, -0.05) is 13.8 Å². The van der Waals surface area contributed by atoms with E-state index in [2.05, 4.69) is 24.3 Å². The van der Waals surface area contributed by atoms with Gasteiger partial charge in [0.25, 0.3) is 0 Å². The van der Waals surface area contributed by atoms with E-state index in [1.165, 1.54) is 18.7 Å². The van der Waals surface area contributed by atoms with Crippen molar-refractivity contribution in [2.45, 2.75) is 58.8 Å². The number of aryl methyl sites for hydroxylation is 1. The molecular formula is C16H25F3N4O. The summed E-state index contributed by atoms with van der Waals surface area (Å²) in [5, 5.41) is 6.85. The number of alkyl halides is 3. The lowest BCUT2D eigenvalue weighted by molar-refractivity contribution is -0.189. The second-order valence-corrected chi connectivity index (χ2v) is 7.26. The number of urea groups is 1. The van der Waals surface area contributed by atoms with E-state index in [1.54, 1.807) is 16.9 Å². The standard InChI is InChI=1S/C16H25F3N4O/c1-11(2)5-8-22-9-7-13(21-22)20-14(24)23-10-6-12(15(23,3)4)16(17,18)19/h7,9,11-12H,5-6,8,10H2,1-4H3,(H,20,21,24)/t12-/m1/s1. The van der Waals surface area contributed by atoms with Gasteiger partial charge in [-0.3, -0.25) is 10.00 Å². The van der Waals surface area contributed by atoms with E-state index in [-0.39, 0.29) is 13.0 Å². The third kappa shape index (κ3) is 4.02. The van der Waals surface area contributed by atoms with Gasteiger partial charge in [-0.05, 0) is 32.6 Å². The van der Waals surface area contributed by atoms with Gasteiger partial charge in [0.1, 0.15) is 0 Å². The van der Waals surface area contributed by atoms with Crippen molar-refractivity contribution >= 4 is 11.8 Å². The van der Waals surface area contributed by atoms with Gasteiger partial charge in [0.05, 0.1) is 11.5 Å². The van der Waals surface area contributed by atoms with Gasteiger partial charge in [-0.2, -0.15) is 18.3 Å². The number of carbonyl (C=O) groups excluding carboxylic acids is 1.